The van der Waals surface area contributed by atoms with Gasteiger partial charge in [0.2, 0.25) is 5.91 Å². The molecule has 1 atom stereocenters. The third kappa shape index (κ3) is 3.26. The lowest BCUT2D eigenvalue weighted by Crippen LogP contribution is -2.43. The lowest BCUT2D eigenvalue weighted by Gasteiger charge is -2.22. The minimum atomic E-state index is -0.328. The number of anilines is 1. The molecule has 0 unspecified atom stereocenters. The van der Waals surface area contributed by atoms with Crippen LogP contribution >= 0.6 is 15.9 Å². The summed E-state index contributed by atoms with van der Waals surface area (Å²) in [6, 6.07) is 4.08. The zero-order valence-corrected chi connectivity index (χ0v) is 10.9. The van der Waals surface area contributed by atoms with E-state index in [1.165, 1.54) is 12.1 Å². The number of rotatable bonds is 2. The Kier molecular flexibility index (Phi) is 4.12. The second-order valence-electron chi connectivity index (χ2n) is 4.12. The maximum Gasteiger partial charge on any atom is 0.241 e. The van der Waals surface area contributed by atoms with Gasteiger partial charge in [0.05, 0.1) is 11.7 Å². The average molecular weight is 301 g/mol. The van der Waals surface area contributed by atoms with Crippen LogP contribution in [0.2, 0.25) is 0 Å². The largest absolute Gasteiger partial charge is 0.324 e. The van der Waals surface area contributed by atoms with Crippen LogP contribution in [0, 0.1) is 5.82 Å². The summed E-state index contributed by atoms with van der Waals surface area (Å²) in [5.74, 6) is -0.386. The number of benzene rings is 1. The summed E-state index contributed by atoms with van der Waals surface area (Å²) >= 11 is 3.22. The van der Waals surface area contributed by atoms with Crippen molar-refractivity contribution in [2.24, 2.45) is 0 Å². The highest BCUT2D eigenvalue weighted by atomic mass is 79.9. The lowest BCUT2D eigenvalue weighted by atomic mass is 10.0. The highest BCUT2D eigenvalue weighted by Crippen LogP contribution is 2.23. The lowest BCUT2D eigenvalue weighted by molar-refractivity contribution is -0.118. The molecule has 3 nitrogen and oxygen atoms in total. The van der Waals surface area contributed by atoms with Gasteiger partial charge in [-0.3, -0.25) is 4.79 Å². The van der Waals surface area contributed by atoms with Crippen LogP contribution in [0.3, 0.4) is 0 Å². The summed E-state index contributed by atoms with van der Waals surface area (Å²) in [7, 11) is 0. The topological polar surface area (TPSA) is 41.1 Å². The molecule has 1 amide bonds. The number of piperidine rings is 1. The first-order chi connectivity index (χ1) is 8.16. The van der Waals surface area contributed by atoms with Crippen molar-refractivity contribution >= 4 is 27.5 Å². The van der Waals surface area contributed by atoms with Gasteiger partial charge in [0.1, 0.15) is 5.82 Å². The van der Waals surface area contributed by atoms with Crippen molar-refractivity contribution in [2.45, 2.75) is 25.3 Å². The Hall–Kier alpha value is -0.940. The van der Waals surface area contributed by atoms with E-state index in [1.807, 2.05) is 0 Å². The van der Waals surface area contributed by atoms with E-state index in [0.29, 0.717) is 10.2 Å². The molecule has 17 heavy (non-hydrogen) atoms. The molecule has 1 aliphatic heterocycles. The fraction of sp³-hybridized carbons (Fsp3) is 0.417. The number of carbonyl (C=O) groups excluding carboxylic acids is 1. The number of amides is 1. The van der Waals surface area contributed by atoms with Gasteiger partial charge in [-0.15, -0.1) is 0 Å². The third-order valence-corrected chi connectivity index (χ3v) is 3.47. The zero-order chi connectivity index (χ0) is 12.3. The van der Waals surface area contributed by atoms with Crippen molar-refractivity contribution in [1.29, 1.82) is 0 Å². The molecule has 92 valence electrons. The van der Waals surface area contributed by atoms with Gasteiger partial charge in [-0.05, 0) is 53.5 Å². The Morgan fingerprint density at radius 3 is 2.94 bits per heavy atom. The van der Waals surface area contributed by atoms with Crippen LogP contribution in [-0.2, 0) is 4.79 Å². The van der Waals surface area contributed by atoms with E-state index in [1.54, 1.807) is 6.07 Å². The first-order valence-electron chi connectivity index (χ1n) is 5.66. The Morgan fingerprint density at radius 2 is 2.29 bits per heavy atom. The number of nitrogens with one attached hydrogen (secondary N) is 2. The summed E-state index contributed by atoms with van der Waals surface area (Å²) in [6.45, 7) is 0.878. The molecule has 0 spiro atoms. The van der Waals surface area contributed by atoms with Crippen LogP contribution in [0.15, 0.2) is 22.7 Å². The van der Waals surface area contributed by atoms with Crippen molar-refractivity contribution in [2.75, 3.05) is 11.9 Å². The maximum absolute atomic E-state index is 12.9. The monoisotopic (exact) mass is 300 g/mol. The normalized spacial score (nSPS) is 20.0. The summed E-state index contributed by atoms with van der Waals surface area (Å²) < 4.78 is 13.4. The highest BCUT2D eigenvalue weighted by molar-refractivity contribution is 9.10. The fourth-order valence-electron chi connectivity index (χ4n) is 1.89. The van der Waals surface area contributed by atoms with Gasteiger partial charge in [0, 0.05) is 4.47 Å². The van der Waals surface area contributed by atoms with Gasteiger partial charge in [-0.1, -0.05) is 6.42 Å². The molecule has 2 rings (SSSR count). The summed E-state index contributed by atoms with van der Waals surface area (Å²) in [5.41, 5.74) is 0.601. The van der Waals surface area contributed by atoms with E-state index in [2.05, 4.69) is 26.6 Å². The smallest absolute Gasteiger partial charge is 0.241 e. The first kappa shape index (κ1) is 12.5. The van der Waals surface area contributed by atoms with E-state index in [0.717, 1.165) is 25.8 Å². The predicted octanol–water partition coefficient (Wildman–Crippen LogP) is 2.67. The van der Waals surface area contributed by atoms with Gasteiger partial charge in [-0.2, -0.15) is 0 Å². The molecule has 0 aliphatic carbocycles. The van der Waals surface area contributed by atoms with E-state index in [4.69, 9.17) is 0 Å². The van der Waals surface area contributed by atoms with Crippen LogP contribution in [0.25, 0.3) is 0 Å². The molecule has 0 aromatic heterocycles. The van der Waals surface area contributed by atoms with Gasteiger partial charge in [0.25, 0.3) is 0 Å². The molecule has 0 bridgehead atoms. The minimum Gasteiger partial charge on any atom is -0.324 e. The van der Waals surface area contributed by atoms with Crippen molar-refractivity contribution < 1.29 is 9.18 Å². The van der Waals surface area contributed by atoms with Crippen LogP contribution in [0.5, 0.6) is 0 Å². The number of hydrogen-bond donors (Lipinski definition) is 2. The molecular weight excluding hydrogens is 287 g/mol. The number of halogens is 2. The average Bonchev–Trinajstić information content (AvgIpc) is 2.34. The van der Waals surface area contributed by atoms with Gasteiger partial charge < -0.3 is 10.6 Å². The van der Waals surface area contributed by atoms with E-state index < -0.39 is 0 Å². The summed E-state index contributed by atoms with van der Waals surface area (Å²) in [6.07, 6.45) is 3.03. The second-order valence-corrected chi connectivity index (χ2v) is 4.97. The summed E-state index contributed by atoms with van der Waals surface area (Å²) in [5, 5.41) is 5.96. The quantitative estimate of drug-likeness (QED) is 0.882. The molecule has 1 saturated heterocycles. The van der Waals surface area contributed by atoms with Crippen molar-refractivity contribution in [3.05, 3.63) is 28.5 Å². The zero-order valence-electron chi connectivity index (χ0n) is 9.30. The molecule has 1 aliphatic rings. The SMILES string of the molecule is O=C(Nc1ccc(F)cc1Br)[C@@H]1CCCCN1. The molecule has 1 aromatic carbocycles. The molecule has 2 N–H and O–H groups in total. The van der Waals surface area contributed by atoms with Crippen LogP contribution in [0.1, 0.15) is 19.3 Å². The number of carbonyl (C=O) groups is 1. The fourth-order valence-corrected chi connectivity index (χ4v) is 2.34. The standard InChI is InChI=1S/C12H14BrFN2O/c13-9-7-8(14)4-5-10(9)16-12(17)11-3-1-2-6-15-11/h4-5,7,11,15H,1-3,6H2,(H,16,17)/t11-/m0/s1. The molecular formula is C12H14BrFN2O. The molecule has 1 heterocycles. The minimum absolute atomic E-state index is 0.0583. The Labute approximate surface area is 108 Å². The van der Waals surface area contributed by atoms with Crippen molar-refractivity contribution in [1.82, 2.24) is 5.32 Å². The highest BCUT2D eigenvalue weighted by Gasteiger charge is 2.20. The van der Waals surface area contributed by atoms with Crippen LogP contribution < -0.4 is 10.6 Å². The Balaban J connectivity index is 2.02. The Morgan fingerprint density at radius 1 is 1.47 bits per heavy atom. The molecule has 0 saturated carbocycles. The van der Waals surface area contributed by atoms with E-state index in [9.17, 15) is 9.18 Å². The molecule has 0 radical (unpaired) electrons. The number of hydrogen-bond acceptors (Lipinski definition) is 2. The van der Waals surface area contributed by atoms with Crippen molar-refractivity contribution in [3.8, 4) is 0 Å². The Bertz CT molecular complexity index is 419. The first-order valence-corrected chi connectivity index (χ1v) is 6.45. The molecule has 5 heteroatoms. The van der Waals surface area contributed by atoms with Gasteiger partial charge >= 0.3 is 0 Å². The predicted molar refractivity (Wildman–Crippen MR) is 68.4 cm³/mol. The van der Waals surface area contributed by atoms with E-state index in [-0.39, 0.29) is 17.8 Å². The molecule has 1 aromatic rings. The van der Waals surface area contributed by atoms with Crippen LogP contribution in [-0.4, -0.2) is 18.5 Å². The van der Waals surface area contributed by atoms with Crippen molar-refractivity contribution in [3.63, 3.8) is 0 Å². The van der Waals surface area contributed by atoms with Gasteiger partial charge in [-0.25, -0.2) is 4.39 Å². The summed E-state index contributed by atoms with van der Waals surface area (Å²) in [4.78, 5) is 11.9. The van der Waals surface area contributed by atoms with Crippen LogP contribution in [0.4, 0.5) is 10.1 Å². The third-order valence-electron chi connectivity index (χ3n) is 2.82. The van der Waals surface area contributed by atoms with Gasteiger partial charge in [0.15, 0.2) is 0 Å². The second kappa shape index (κ2) is 5.60. The molecule has 1 fully saturated rings. The maximum atomic E-state index is 12.9. The van der Waals surface area contributed by atoms with E-state index >= 15 is 0 Å².